The normalized spacial score (nSPS) is 15.6. The van der Waals surface area contributed by atoms with E-state index in [1.807, 2.05) is 0 Å². The second kappa shape index (κ2) is 6.67. The van der Waals surface area contributed by atoms with Crippen molar-refractivity contribution in [1.29, 1.82) is 0 Å². The van der Waals surface area contributed by atoms with Crippen LogP contribution in [0.25, 0.3) is 0 Å². The third-order valence-corrected chi connectivity index (χ3v) is 3.32. The number of nitrogens with one attached hydrogen (secondary N) is 2. The fourth-order valence-corrected chi connectivity index (χ4v) is 2.10. The van der Waals surface area contributed by atoms with Gasteiger partial charge in [-0.3, -0.25) is 14.5 Å². The monoisotopic (exact) mass is 293 g/mol. The molecule has 1 aliphatic rings. The number of carbonyl (C=O) groups is 2. The molecule has 0 saturated heterocycles. The Hall–Kier alpha value is -1.95. The molecule has 1 saturated carbocycles. The topological polar surface area (TPSA) is 61.4 Å². The third kappa shape index (κ3) is 4.53. The minimum absolute atomic E-state index is 0.0408. The van der Waals surface area contributed by atoms with Gasteiger partial charge in [-0.2, -0.15) is 0 Å². The summed E-state index contributed by atoms with van der Waals surface area (Å²) in [6, 6.07) is 5.50. The molecule has 1 atom stereocenters. The molecule has 2 amide bonds. The van der Waals surface area contributed by atoms with E-state index in [0.717, 1.165) is 12.8 Å². The highest BCUT2D eigenvalue weighted by Crippen LogP contribution is 2.19. The Bertz CT molecular complexity index is 512. The second-order valence-corrected chi connectivity index (χ2v) is 5.48. The lowest BCUT2D eigenvalue weighted by atomic mass is 10.1. The standard InChI is InChI=1S/C15H20FN3O2/c1-19(2)14(10-3-5-11(16)6-4-10)15(21)17-9-13(20)18-12-7-8-12/h3-6,12,14H,7-9H2,1-2H3,(H,17,21)(H,18,20)/t14-/m0/s1. The summed E-state index contributed by atoms with van der Waals surface area (Å²) in [5, 5.41) is 5.43. The minimum atomic E-state index is -0.556. The van der Waals surface area contributed by atoms with Crippen LogP contribution in [0.15, 0.2) is 24.3 Å². The van der Waals surface area contributed by atoms with Crippen LogP contribution in [0.1, 0.15) is 24.4 Å². The maximum Gasteiger partial charge on any atom is 0.242 e. The van der Waals surface area contributed by atoms with E-state index in [1.54, 1.807) is 31.1 Å². The van der Waals surface area contributed by atoms with E-state index >= 15 is 0 Å². The Kier molecular flexibility index (Phi) is 4.90. The van der Waals surface area contributed by atoms with Gasteiger partial charge >= 0.3 is 0 Å². The lowest BCUT2D eigenvalue weighted by molar-refractivity contribution is -0.129. The van der Waals surface area contributed by atoms with Crippen molar-refractivity contribution in [2.24, 2.45) is 0 Å². The van der Waals surface area contributed by atoms with Gasteiger partial charge in [-0.15, -0.1) is 0 Å². The lowest BCUT2D eigenvalue weighted by Gasteiger charge is -2.23. The van der Waals surface area contributed by atoms with Crippen molar-refractivity contribution in [1.82, 2.24) is 15.5 Å². The first-order valence-corrected chi connectivity index (χ1v) is 6.96. The van der Waals surface area contributed by atoms with Gasteiger partial charge in [0.15, 0.2) is 0 Å². The van der Waals surface area contributed by atoms with Crippen molar-refractivity contribution in [2.75, 3.05) is 20.6 Å². The number of hydrogen-bond acceptors (Lipinski definition) is 3. The molecule has 2 N–H and O–H groups in total. The van der Waals surface area contributed by atoms with E-state index in [-0.39, 0.29) is 30.2 Å². The number of nitrogens with zero attached hydrogens (tertiary/aromatic N) is 1. The van der Waals surface area contributed by atoms with E-state index < -0.39 is 6.04 Å². The molecule has 21 heavy (non-hydrogen) atoms. The molecular weight excluding hydrogens is 273 g/mol. The second-order valence-electron chi connectivity index (χ2n) is 5.48. The maximum absolute atomic E-state index is 13.0. The van der Waals surface area contributed by atoms with Crippen molar-refractivity contribution in [2.45, 2.75) is 24.9 Å². The zero-order valence-corrected chi connectivity index (χ0v) is 12.2. The van der Waals surface area contributed by atoms with Crippen LogP contribution < -0.4 is 10.6 Å². The van der Waals surface area contributed by atoms with Gasteiger partial charge in [-0.05, 0) is 44.6 Å². The highest BCUT2D eigenvalue weighted by molar-refractivity contribution is 5.88. The number of likely N-dealkylation sites (N-methyl/N-ethyl adjacent to an activating group) is 1. The predicted molar refractivity (Wildman–Crippen MR) is 77.0 cm³/mol. The first-order chi connectivity index (χ1) is 9.97. The van der Waals surface area contributed by atoms with Crippen molar-refractivity contribution in [3.8, 4) is 0 Å². The molecule has 5 nitrogen and oxygen atoms in total. The van der Waals surface area contributed by atoms with Gasteiger partial charge in [0.1, 0.15) is 11.9 Å². The Morgan fingerprint density at radius 1 is 1.29 bits per heavy atom. The number of rotatable bonds is 6. The first-order valence-electron chi connectivity index (χ1n) is 6.96. The molecular formula is C15H20FN3O2. The van der Waals surface area contributed by atoms with E-state index in [0.29, 0.717) is 5.56 Å². The molecule has 1 aromatic carbocycles. The first kappa shape index (κ1) is 15.4. The van der Waals surface area contributed by atoms with Crippen molar-refractivity contribution in [3.05, 3.63) is 35.6 Å². The Balaban J connectivity index is 1.95. The zero-order valence-electron chi connectivity index (χ0n) is 12.2. The van der Waals surface area contributed by atoms with Gasteiger partial charge < -0.3 is 10.6 Å². The average molecular weight is 293 g/mol. The summed E-state index contributed by atoms with van der Waals surface area (Å²) in [5.74, 6) is -0.805. The number of halogens is 1. The predicted octanol–water partition coefficient (Wildman–Crippen LogP) is 0.823. The summed E-state index contributed by atoms with van der Waals surface area (Å²) >= 11 is 0. The molecule has 0 bridgehead atoms. The molecule has 0 spiro atoms. The highest BCUT2D eigenvalue weighted by atomic mass is 19.1. The van der Waals surface area contributed by atoms with E-state index in [4.69, 9.17) is 0 Å². The van der Waals surface area contributed by atoms with Gasteiger partial charge in [0, 0.05) is 6.04 Å². The number of carbonyl (C=O) groups excluding carboxylic acids is 2. The Morgan fingerprint density at radius 3 is 2.43 bits per heavy atom. The molecule has 1 fully saturated rings. The van der Waals surface area contributed by atoms with Crippen LogP contribution in [0.5, 0.6) is 0 Å². The van der Waals surface area contributed by atoms with Crippen LogP contribution in [0.4, 0.5) is 4.39 Å². The van der Waals surface area contributed by atoms with Crippen LogP contribution in [0, 0.1) is 5.82 Å². The molecule has 6 heteroatoms. The summed E-state index contributed by atoms with van der Waals surface area (Å²) < 4.78 is 13.0. The maximum atomic E-state index is 13.0. The molecule has 0 heterocycles. The molecule has 0 aliphatic heterocycles. The van der Waals surface area contributed by atoms with Gasteiger partial charge in [0.25, 0.3) is 0 Å². The number of benzene rings is 1. The largest absolute Gasteiger partial charge is 0.352 e. The van der Waals surface area contributed by atoms with E-state index in [1.165, 1.54) is 12.1 Å². The number of hydrogen-bond donors (Lipinski definition) is 2. The fourth-order valence-electron chi connectivity index (χ4n) is 2.10. The fraction of sp³-hybridized carbons (Fsp3) is 0.467. The van der Waals surface area contributed by atoms with Crippen LogP contribution >= 0.6 is 0 Å². The van der Waals surface area contributed by atoms with Crippen LogP contribution in [-0.2, 0) is 9.59 Å². The molecule has 0 aromatic heterocycles. The molecule has 114 valence electrons. The van der Waals surface area contributed by atoms with Crippen LogP contribution in [-0.4, -0.2) is 43.4 Å². The summed E-state index contributed by atoms with van der Waals surface area (Å²) in [7, 11) is 3.52. The summed E-state index contributed by atoms with van der Waals surface area (Å²) in [6.07, 6.45) is 2.02. The zero-order chi connectivity index (χ0) is 15.4. The Labute approximate surface area is 123 Å². The summed E-state index contributed by atoms with van der Waals surface area (Å²) in [4.78, 5) is 25.6. The molecule has 1 aromatic rings. The van der Waals surface area contributed by atoms with Crippen LogP contribution in [0.3, 0.4) is 0 Å². The molecule has 2 rings (SSSR count). The number of amides is 2. The molecule has 0 unspecified atom stereocenters. The molecule has 1 aliphatic carbocycles. The average Bonchev–Trinajstić information content (AvgIpc) is 3.22. The highest BCUT2D eigenvalue weighted by Gasteiger charge is 2.25. The van der Waals surface area contributed by atoms with E-state index in [9.17, 15) is 14.0 Å². The van der Waals surface area contributed by atoms with Crippen molar-refractivity contribution >= 4 is 11.8 Å². The van der Waals surface area contributed by atoms with Gasteiger partial charge in [-0.1, -0.05) is 12.1 Å². The smallest absolute Gasteiger partial charge is 0.242 e. The van der Waals surface area contributed by atoms with Crippen molar-refractivity contribution < 1.29 is 14.0 Å². The summed E-state index contributed by atoms with van der Waals surface area (Å²) in [5.41, 5.74) is 0.682. The Morgan fingerprint density at radius 2 is 1.90 bits per heavy atom. The van der Waals surface area contributed by atoms with Crippen molar-refractivity contribution in [3.63, 3.8) is 0 Å². The third-order valence-electron chi connectivity index (χ3n) is 3.32. The SMILES string of the molecule is CN(C)[C@H](C(=O)NCC(=O)NC1CC1)c1ccc(F)cc1. The summed E-state index contributed by atoms with van der Waals surface area (Å²) in [6.45, 7) is -0.0408. The van der Waals surface area contributed by atoms with E-state index in [2.05, 4.69) is 10.6 Å². The lowest BCUT2D eigenvalue weighted by Crippen LogP contribution is -2.42. The van der Waals surface area contributed by atoms with Gasteiger partial charge in [0.05, 0.1) is 6.54 Å². The van der Waals surface area contributed by atoms with Gasteiger partial charge in [0.2, 0.25) is 11.8 Å². The minimum Gasteiger partial charge on any atom is -0.352 e. The van der Waals surface area contributed by atoms with Crippen LogP contribution in [0.2, 0.25) is 0 Å². The quantitative estimate of drug-likeness (QED) is 0.816. The molecule has 0 radical (unpaired) electrons. The van der Waals surface area contributed by atoms with Gasteiger partial charge in [-0.25, -0.2) is 4.39 Å².